The molecule has 2 aromatic rings. The lowest BCUT2D eigenvalue weighted by Crippen LogP contribution is -2.15. The standard InChI is InChI=1S/C16H22N4O2S2/c1-3-11-6-4-5-7-13(11)18-14(21)10-24-16-20-19-15(22-16)12(17)8-9-23-2/h4-7,12H,3,8-10,17H2,1-2H3,(H,18,21)/t12-/m1/s1. The van der Waals surface area contributed by atoms with E-state index in [0.29, 0.717) is 11.1 Å². The van der Waals surface area contributed by atoms with Gasteiger partial charge in [0.1, 0.15) is 0 Å². The van der Waals surface area contributed by atoms with Crippen molar-refractivity contribution in [3.05, 3.63) is 35.7 Å². The number of hydrogen-bond acceptors (Lipinski definition) is 7. The molecule has 0 saturated carbocycles. The second kappa shape index (κ2) is 9.71. The highest BCUT2D eigenvalue weighted by Crippen LogP contribution is 2.22. The number of nitrogens with zero attached hydrogens (tertiary/aromatic N) is 2. The molecule has 1 aromatic heterocycles. The first-order valence-electron chi connectivity index (χ1n) is 7.72. The van der Waals surface area contributed by atoms with Crippen LogP contribution in [0.15, 0.2) is 33.9 Å². The first-order valence-corrected chi connectivity index (χ1v) is 10.1. The van der Waals surface area contributed by atoms with Crippen molar-refractivity contribution in [3.8, 4) is 0 Å². The molecule has 8 heteroatoms. The second-order valence-electron chi connectivity index (χ2n) is 5.14. The number of thioether (sulfide) groups is 2. The summed E-state index contributed by atoms with van der Waals surface area (Å²) < 4.78 is 5.51. The summed E-state index contributed by atoms with van der Waals surface area (Å²) in [5.74, 6) is 1.46. The van der Waals surface area contributed by atoms with Gasteiger partial charge in [0.2, 0.25) is 11.8 Å². The number of carbonyl (C=O) groups excluding carboxylic acids is 1. The van der Waals surface area contributed by atoms with E-state index in [9.17, 15) is 4.79 Å². The smallest absolute Gasteiger partial charge is 0.277 e. The summed E-state index contributed by atoms with van der Waals surface area (Å²) in [5, 5.41) is 11.2. The molecule has 3 N–H and O–H groups in total. The highest BCUT2D eigenvalue weighted by atomic mass is 32.2. The normalized spacial score (nSPS) is 12.1. The minimum Gasteiger partial charge on any atom is -0.414 e. The molecule has 6 nitrogen and oxygen atoms in total. The van der Waals surface area contributed by atoms with Crippen molar-refractivity contribution < 1.29 is 9.21 Å². The molecule has 1 aromatic carbocycles. The summed E-state index contributed by atoms with van der Waals surface area (Å²) in [6.45, 7) is 2.06. The summed E-state index contributed by atoms with van der Waals surface area (Å²) in [7, 11) is 0. The molecule has 1 atom stereocenters. The number of aryl methyl sites for hydroxylation is 1. The number of hydrogen-bond donors (Lipinski definition) is 2. The van der Waals surface area contributed by atoms with Crippen LogP contribution in [0.1, 0.15) is 30.8 Å². The van der Waals surface area contributed by atoms with Gasteiger partial charge >= 0.3 is 0 Å². The van der Waals surface area contributed by atoms with Crippen LogP contribution in [-0.4, -0.2) is 33.9 Å². The largest absolute Gasteiger partial charge is 0.414 e. The molecule has 0 unspecified atom stereocenters. The van der Waals surface area contributed by atoms with E-state index in [4.69, 9.17) is 10.2 Å². The third kappa shape index (κ3) is 5.54. The Kier molecular flexibility index (Phi) is 7.61. The Morgan fingerprint density at radius 1 is 1.38 bits per heavy atom. The van der Waals surface area contributed by atoms with Crippen molar-refractivity contribution in [1.29, 1.82) is 0 Å². The van der Waals surface area contributed by atoms with Gasteiger partial charge in [-0.15, -0.1) is 10.2 Å². The number of para-hydroxylation sites is 1. The topological polar surface area (TPSA) is 94.0 Å². The number of benzene rings is 1. The zero-order chi connectivity index (χ0) is 17.4. The molecular weight excluding hydrogens is 344 g/mol. The Balaban J connectivity index is 1.85. The molecule has 2 rings (SSSR count). The molecule has 0 bridgehead atoms. The molecule has 0 aliphatic carbocycles. The fourth-order valence-electron chi connectivity index (χ4n) is 2.06. The van der Waals surface area contributed by atoms with Gasteiger partial charge in [-0.05, 0) is 36.5 Å². The second-order valence-corrected chi connectivity index (χ2v) is 7.05. The van der Waals surface area contributed by atoms with E-state index in [2.05, 4.69) is 22.4 Å². The van der Waals surface area contributed by atoms with E-state index < -0.39 is 0 Å². The maximum absolute atomic E-state index is 12.1. The van der Waals surface area contributed by atoms with Gasteiger partial charge in [-0.2, -0.15) is 11.8 Å². The van der Waals surface area contributed by atoms with E-state index in [0.717, 1.165) is 29.8 Å². The molecule has 0 aliphatic heterocycles. The monoisotopic (exact) mass is 366 g/mol. The summed E-state index contributed by atoms with van der Waals surface area (Å²) in [6.07, 6.45) is 3.67. The molecule has 1 heterocycles. The van der Waals surface area contributed by atoms with Gasteiger partial charge < -0.3 is 15.5 Å². The van der Waals surface area contributed by atoms with Gasteiger partial charge in [0, 0.05) is 5.69 Å². The number of carbonyl (C=O) groups is 1. The highest BCUT2D eigenvalue weighted by molar-refractivity contribution is 7.99. The first kappa shape index (κ1) is 18.8. The van der Waals surface area contributed by atoms with E-state index in [1.807, 2.05) is 30.5 Å². The molecule has 0 spiro atoms. The van der Waals surface area contributed by atoms with Crippen LogP contribution in [0, 0.1) is 0 Å². The van der Waals surface area contributed by atoms with Crippen LogP contribution < -0.4 is 11.1 Å². The fourth-order valence-corrected chi connectivity index (χ4v) is 3.12. The van der Waals surface area contributed by atoms with E-state index >= 15 is 0 Å². The van der Waals surface area contributed by atoms with Crippen molar-refractivity contribution in [2.75, 3.05) is 23.1 Å². The maximum Gasteiger partial charge on any atom is 0.277 e. The molecule has 0 fully saturated rings. The molecule has 130 valence electrons. The lowest BCUT2D eigenvalue weighted by Gasteiger charge is -2.08. The van der Waals surface area contributed by atoms with E-state index in [1.165, 1.54) is 11.8 Å². The molecule has 1 amide bonds. The summed E-state index contributed by atoms with van der Waals surface area (Å²) in [5.41, 5.74) is 7.94. The Bertz CT molecular complexity index is 663. The zero-order valence-corrected chi connectivity index (χ0v) is 15.5. The molecule has 0 saturated heterocycles. The molecule has 24 heavy (non-hydrogen) atoms. The van der Waals surface area contributed by atoms with E-state index in [-0.39, 0.29) is 17.7 Å². The van der Waals surface area contributed by atoms with Crippen LogP contribution in [0.4, 0.5) is 5.69 Å². The van der Waals surface area contributed by atoms with Crippen LogP contribution in [0.25, 0.3) is 0 Å². The average Bonchev–Trinajstić information content (AvgIpc) is 3.07. The van der Waals surface area contributed by atoms with Crippen molar-refractivity contribution in [2.45, 2.75) is 31.0 Å². The van der Waals surface area contributed by atoms with Crippen molar-refractivity contribution in [1.82, 2.24) is 10.2 Å². The summed E-state index contributed by atoms with van der Waals surface area (Å²) in [4.78, 5) is 12.1. The Morgan fingerprint density at radius 2 is 2.17 bits per heavy atom. The zero-order valence-electron chi connectivity index (χ0n) is 13.8. The molecular formula is C16H22N4O2S2. The minimum atomic E-state index is -0.260. The third-order valence-electron chi connectivity index (χ3n) is 3.37. The quantitative estimate of drug-likeness (QED) is 0.658. The van der Waals surface area contributed by atoms with Gasteiger partial charge in [0.05, 0.1) is 11.8 Å². The van der Waals surface area contributed by atoms with Crippen molar-refractivity contribution in [3.63, 3.8) is 0 Å². The SMILES string of the molecule is CCc1ccccc1NC(=O)CSc1nnc([C@H](N)CCSC)o1. The van der Waals surface area contributed by atoms with Gasteiger partial charge in [-0.25, -0.2) is 0 Å². The highest BCUT2D eigenvalue weighted by Gasteiger charge is 2.15. The predicted octanol–water partition coefficient (Wildman–Crippen LogP) is 3.12. The van der Waals surface area contributed by atoms with Crippen LogP contribution in [-0.2, 0) is 11.2 Å². The maximum atomic E-state index is 12.1. The fraction of sp³-hybridized carbons (Fsp3) is 0.438. The number of anilines is 1. The lowest BCUT2D eigenvalue weighted by atomic mass is 10.1. The van der Waals surface area contributed by atoms with Crippen LogP contribution in [0.3, 0.4) is 0 Å². The predicted molar refractivity (Wildman–Crippen MR) is 99.4 cm³/mol. The number of nitrogens with one attached hydrogen (secondary N) is 1. The van der Waals surface area contributed by atoms with Crippen LogP contribution in [0.5, 0.6) is 0 Å². The third-order valence-corrected chi connectivity index (χ3v) is 4.83. The van der Waals surface area contributed by atoms with Gasteiger partial charge in [-0.3, -0.25) is 4.79 Å². The van der Waals surface area contributed by atoms with Gasteiger partial charge in [-0.1, -0.05) is 36.9 Å². The number of nitrogens with two attached hydrogens (primary N) is 1. The summed E-state index contributed by atoms with van der Waals surface area (Å²) >= 11 is 2.93. The van der Waals surface area contributed by atoms with Gasteiger partial charge in [0.15, 0.2) is 0 Å². The minimum absolute atomic E-state index is 0.104. The number of aromatic nitrogens is 2. The van der Waals surface area contributed by atoms with Crippen molar-refractivity contribution in [2.24, 2.45) is 5.73 Å². The molecule has 0 aliphatic rings. The van der Waals surface area contributed by atoms with E-state index in [1.54, 1.807) is 11.8 Å². The van der Waals surface area contributed by atoms with Crippen LogP contribution >= 0.6 is 23.5 Å². The lowest BCUT2D eigenvalue weighted by molar-refractivity contribution is -0.113. The number of rotatable bonds is 9. The summed E-state index contributed by atoms with van der Waals surface area (Å²) in [6, 6.07) is 7.51. The number of amides is 1. The van der Waals surface area contributed by atoms with Crippen molar-refractivity contribution >= 4 is 35.1 Å². The molecule has 0 radical (unpaired) electrons. The Morgan fingerprint density at radius 3 is 2.92 bits per heavy atom. The Labute approximate surface area is 150 Å². The van der Waals surface area contributed by atoms with Crippen LogP contribution in [0.2, 0.25) is 0 Å². The van der Waals surface area contributed by atoms with Gasteiger partial charge in [0.25, 0.3) is 5.22 Å². The average molecular weight is 367 g/mol. The Hall–Kier alpha value is -1.51. The first-order chi connectivity index (χ1) is 11.6.